The number of unbranched alkanes of at least 4 members (excludes halogenated alkanes) is 18. The van der Waals surface area contributed by atoms with Gasteiger partial charge in [0.15, 0.2) is 0 Å². The van der Waals surface area contributed by atoms with Crippen LogP contribution in [0.3, 0.4) is 0 Å². The first kappa shape index (κ1) is 31.7. The molecule has 0 unspecified atom stereocenters. The lowest BCUT2D eigenvalue weighted by molar-refractivity contribution is 0.0397. The maximum atomic E-state index is 7.06. The number of aryl methyl sites for hydroxylation is 2. The fourth-order valence-electron chi connectivity index (χ4n) is 6.30. The van der Waals surface area contributed by atoms with Crippen LogP contribution in [0, 0.1) is 13.8 Å². The van der Waals surface area contributed by atoms with Gasteiger partial charge in [0, 0.05) is 15.3 Å². The van der Waals surface area contributed by atoms with Crippen LogP contribution in [0.5, 0.6) is 5.75 Å². The highest BCUT2D eigenvalue weighted by atomic mass is 32.1. The van der Waals surface area contributed by atoms with Gasteiger partial charge < -0.3 is 4.74 Å². The fourth-order valence-corrected chi connectivity index (χ4v) is 8.49. The van der Waals surface area contributed by atoms with Crippen LogP contribution >= 0.6 is 22.7 Å². The first-order valence-corrected chi connectivity index (χ1v) is 18.1. The number of hydrogen-bond acceptors (Lipinski definition) is 3. The Bertz CT molecular complexity index is 868. The van der Waals surface area contributed by atoms with E-state index < -0.39 is 0 Å². The summed E-state index contributed by atoms with van der Waals surface area (Å²) in [6, 6.07) is 4.79. The Kier molecular flexibility index (Phi) is 14.9. The molecule has 0 spiro atoms. The zero-order valence-electron chi connectivity index (χ0n) is 25.4. The summed E-state index contributed by atoms with van der Waals surface area (Å²) < 4.78 is 7.06. The predicted octanol–water partition coefficient (Wildman–Crippen LogP) is 13.3. The lowest BCUT2D eigenvalue weighted by atomic mass is 9.81. The Morgan fingerprint density at radius 3 is 1.39 bits per heavy atom. The molecule has 38 heavy (non-hydrogen) atoms. The van der Waals surface area contributed by atoms with Gasteiger partial charge >= 0.3 is 0 Å². The van der Waals surface area contributed by atoms with Gasteiger partial charge in [0.1, 0.15) is 11.4 Å². The predicted molar refractivity (Wildman–Crippen MR) is 172 cm³/mol. The van der Waals surface area contributed by atoms with Crippen molar-refractivity contribution in [2.75, 3.05) is 0 Å². The molecule has 3 heterocycles. The highest BCUT2D eigenvalue weighted by Crippen LogP contribution is 2.55. The van der Waals surface area contributed by atoms with Gasteiger partial charge in [-0.25, -0.2) is 0 Å². The van der Waals surface area contributed by atoms with Gasteiger partial charge in [0.25, 0.3) is 0 Å². The van der Waals surface area contributed by atoms with Crippen LogP contribution in [-0.2, 0) is 5.60 Å². The van der Waals surface area contributed by atoms with E-state index in [0.717, 1.165) is 0 Å². The lowest BCUT2D eigenvalue weighted by Crippen LogP contribution is -2.35. The van der Waals surface area contributed by atoms with E-state index in [1.807, 2.05) is 22.7 Å². The largest absolute Gasteiger partial charge is 0.481 e. The third kappa shape index (κ3) is 9.99. The second kappa shape index (κ2) is 17.8. The first-order valence-electron chi connectivity index (χ1n) is 16.5. The molecule has 1 aliphatic heterocycles. The minimum atomic E-state index is -0.110. The minimum Gasteiger partial charge on any atom is -0.481 e. The average Bonchev–Trinajstić information content (AvgIpc) is 3.48. The molecule has 1 aliphatic rings. The van der Waals surface area contributed by atoms with Crippen LogP contribution in [-0.4, -0.2) is 0 Å². The molecule has 2 aromatic heterocycles. The van der Waals surface area contributed by atoms with Crippen LogP contribution in [0.15, 0.2) is 12.1 Å². The Morgan fingerprint density at radius 1 is 0.526 bits per heavy atom. The smallest absolute Gasteiger partial charge is 0.140 e. The molecule has 0 saturated carbocycles. The van der Waals surface area contributed by atoms with Gasteiger partial charge in [-0.1, -0.05) is 129 Å². The quantitative estimate of drug-likeness (QED) is 0.131. The van der Waals surface area contributed by atoms with E-state index in [9.17, 15) is 0 Å². The van der Waals surface area contributed by atoms with Crippen molar-refractivity contribution in [1.29, 1.82) is 0 Å². The number of thiophene rings is 2. The Morgan fingerprint density at radius 2 is 0.921 bits per heavy atom. The highest BCUT2D eigenvalue weighted by molar-refractivity contribution is 7.22. The molecule has 0 atom stereocenters. The monoisotopic (exact) mass is 558 g/mol. The van der Waals surface area contributed by atoms with Crippen molar-refractivity contribution in [3.63, 3.8) is 0 Å². The molecule has 0 radical (unpaired) electrons. The third-order valence-electron chi connectivity index (χ3n) is 8.55. The third-order valence-corrected chi connectivity index (χ3v) is 10.8. The molecule has 1 nitrogen and oxygen atoms in total. The van der Waals surface area contributed by atoms with Crippen LogP contribution in [0.25, 0.3) is 9.75 Å². The van der Waals surface area contributed by atoms with Crippen molar-refractivity contribution in [3.05, 3.63) is 27.5 Å². The SMILES string of the molecule is CCCCCCCCCCCCC1(CCCCCCCCCCCC)Oc2cc(C)sc2-c2sc(C)cc21. The van der Waals surface area contributed by atoms with Gasteiger partial charge in [0.2, 0.25) is 0 Å². The van der Waals surface area contributed by atoms with Crippen molar-refractivity contribution in [2.24, 2.45) is 0 Å². The molecule has 0 aromatic carbocycles. The fraction of sp³-hybridized carbons (Fsp3) is 0.771. The van der Waals surface area contributed by atoms with E-state index in [-0.39, 0.29) is 5.60 Å². The summed E-state index contributed by atoms with van der Waals surface area (Å²) in [4.78, 5) is 5.71. The van der Waals surface area contributed by atoms with Crippen LogP contribution in [0.1, 0.15) is 170 Å². The lowest BCUT2D eigenvalue weighted by Gasteiger charge is -2.38. The Balaban J connectivity index is 1.51. The summed E-state index contributed by atoms with van der Waals surface area (Å²) in [5.41, 5.74) is 1.40. The van der Waals surface area contributed by atoms with Gasteiger partial charge in [-0.05, 0) is 51.7 Å². The normalized spacial score (nSPS) is 13.9. The van der Waals surface area contributed by atoms with Gasteiger partial charge in [-0.2, -0.15) is 0 Å². The molecule has 3 rings (SSSR count). The second-order valence-electron chi connectivity index (χ2n) is 12.1. The number of fused-ring (bicyclic) bond motifs is 3. The highest BCUT2D eigenvalue weighted by Gasteiger charge is 2.42. The molecular formula is C35H58OS2. The molecule has 2 aromatic rings. The zero-order valence-corrected chi connectivity index (χ0v) is 27.1. The van der Waals surface area contributed by atoms with E-state index in [1.165, 1.54) is 172 Å². The summed E-state index contributed by atoms with van der Waals surface area (Å²) >= 11 is 3.92. The van der Waals surface area contributed by atoms with Crippen molar-refractivity contribution < 1.29 is 4.74 Å². The second-order valence-corrected chi connectivity index (χ2v) is 14.6. The molecular weight excluding hydrogens is 501 g/mol. The summed E-state index contributed by atoms with van der Waals surface area (Å²) in [6.45, 7) is 9.13. The van der Waals surface area contributed by atoms with Crippen molar-refractivity contribution in [3.8, 4) is 15.5 Å². The zero-order chi connectivity index (χ0) is 27.1. The number of rotatable bonds is 22. The van der Waals surface area contributed by atoms with Gasteiger partial charge in [-0.3, -0.25) is 0 Å². The molecule has 0 N–H and O–H groups in total. The Hall–Kier alpha value is -0.800. The van der Waals surface area contributed by atoms with E-state index >= 15 is 0 Å². The molecule has 3 heteroatoms. The maximum Gasteiger partial charge on any atom is 0.140 e. The topological polar surface area (TPSA) is 9.23 Å². The van der Waals surface area contributed by atoms with Crippen molar-refractivity contribution in [1.82, 2.24) is 0 Å². The summed E-state index contributed by atoms with van der Waals surface area (Å²) in [6.07, 6.45) is 30.2. The molecule has 0 bridgehead atoms. The molecule has 0 fully saturated rings. The molecule has 216 valence electrons. The van der Waals surface area contributed by atoms with E-state index in [4.69, 9.17) is 4.74 Å². The average molecular weight is 559 g/mol. The molecule has 0 aliphatic carbocycles. The van der Waals surface area contributed by atoms with Crippen molar-refractivity contribution >= 4 is 22.7 Å². The standard InChI is InChI=1S/C35H58OS2/c1-5-7-9-11-13-15-17-19-21-23-25-35(26-24-22-20-18-16-14-12-10-8-6-2)31-27-29(3)37-33(31)34-32(36-35)28-30(4)38-34/h27-28H,5-26H2,1-4H3. The van der Waals surface area contributed by atoms with Gasteiger partial charge in [0.05, 0.1) is 9.75 Å². The summed E-state index contributed by atoms with van der Waals surface area (Å²) in [5, 5.41) is 0. The summed E-state index contributed by atoms with van der Waals surface area (Å²) in [5.74, 6) is 1.17. The Labute approximate surface area is 244 Å². The molecule has 0 saturated heterocycles. The van der Waals surface area contributed by atoms with E-state index in [2.05, 4.69) is 39.8 Å². The van der Waals surface area contributed by atoms with Gasteiger partial charge in [-0.15, -0.1) is 22.7 Å². The maximum absolute atomic E-state index is 7.06. The first-order chi connectivity index (χ1) is 18.6. The van der Waals surface area contributed by atoms with Crippen LogP contribution in [0.2, 0.25) is 0 Å². The van der Waals surface area contributed by atoms with Crippen molar-refractivity contribution in [2.45, 2.75) is 175 Å². The number of ether oxygens (including phenoxy) is 1. The van der Waals surface area contributed by atoms with Crippen LogP contribution < -0.4 is 4.74 Å². The summed E-state index contributed by atoms with van der Waals surface area (Å²) in [7, 11) is 0. The van der Waals surface area contributed by atoms with E-state index in [0.29, 0.717) is 0 Å². The number of hydrogen-bond donors (Lipinski definition) is 0. The minimum absolute atomic E-state index is 0.110. The van der Waals surface area contributed by atoms with Crippen LogP contribution in [0.4, 0.5) is 0 Å². The molecule has 0 amide bonds. The van der Waals surface area contributed by atoms with E-state index in [1.54, 1.807) is 0 Å².